The highest BCUT2D eigenvalue weighted by molar-refractivity contribution is 5.85. The van der Waals surface area contributed by atoms with E-state index < -0.39 is 0 Å². The number of hydrogen-bond donors (Lipinski definition) is 2. The van der Waals surface area contributed by atoms with Gasteiger partial charge in [0.05, 0.1) is 0 Å². The summed E-state index contributed by atoms with van der Waals surface area (Å²) >= 11 is 0. The Morgan fingerprint density at radius 1 is 1.23 bits per heavy atom. The van der Waals surface area contributed by atoms with Gasteiger partial charge in [0.15, 0.2) is 6.61 Å². The van der Waals surface area contributed by atoms with Crippen LogP contribution >= 0.6 is 12.4 Å². The predicted molar refractivity (Wildman–Crippen MR) is 94.2 cm³/mol. The number of amides is 1. The van der Waals surface area contributed by atoms with Crippen molar-refractivity contribution >= 4 is 18.3 Å². The van der Waals surface area contributed by atoms with E-state index in [1.54, 1.807) is 0 Å². The van der Waals surface area contributed by atoms with Crippen LogP contribution in [0.25, 0.3) is 0 Å². The van der Waals surface area contributed by atoms with E-state index in [4.69, 9.17) is 4.74 Å². The van der Waals surface area contributed by atoms with Gasteiger partial charge < -0.3 is 15.4 Å². The molecule has 5 heteroatoms. The lowest BCUT2D eigenvalue weighted by molar-refractivity contribution is -0.123. The molecule has 0 unspecified atom stereocenters. The predicted octanol–water partition coefficient (Wildman–Crippen LogP) is 3.03. The van der Waals surface area contributed by atoms with Crippen molar-refractivity contribution in [2.75, 3.05) is 26.2 Å². The van der Waals surface area contributed by atoms with Crippen LogP contribution in [0.3, 0.4) is 0 Å². The summed E-state index contributed by atoms with van der Waals surface area (Å²) < 4.78 is 5.53. The van der Waals surface area contributed by atoms with Crippen molar-refractivity contribution in [1.29, 1.82) is 0 Å². The van der Waals surface area contributed by atoms with Crippen LogP contribution in [0, 0.1) is 6.92 Å². The van der Waals surface area contributed by atoms with E-state index in [1.165, 1.54) is 11.1 Å². The lowest BCUT2D eigenvalue weighted by Gasteiger charge is -2.12. The monoisotopic (exact) mass is 328 g/mol. The molecule has 0 atom stereocenters. The van der Waals surface area contributed by atoms with Gasteiger partial charge in [-0.05, 0) is 49.1 Å². The van der Waals surface area contributed by atoms with Gasteiger partial charge >= 0.3 is 0 Å². The van der Waals surface area contributed by atoms with Crippen molar-refractivity contribution in [3.05, 3.63) is 29.3 Å². The summed E-state index contributed by atoms with van der Waals surface area (Å²) in [5.74, 6) is 1.16. The van der Waals surface area contributed by atoms with Crippen LogP contribution in [0.5, 0.6) is 5.75 Å². The van der Waals surface area contributed by atoms with Crippen LogP contribution in [0.2, 0.25) is 0 Å². The highest BCUT2D eigenvalue weighted by atomic mass is 35.5. The topological polar surface area (TPSA) is 50.4 Å². The van der Waals surface area contributed by atoms with E-state index in [9.17, 15) is 4.79 Å². The average molecular weight is 329 g/mol. The molecule has 0 spiro atoms. The molecule has 0 aromatic heterocycles. The van der Waals surface area contributed by atoms with Gasteiger partial charge in [-0.2, -0.15) is 0 Å². The fourth-order valence-electron chi connectivity index (χ4n) is 2.18. The van der Waals surface area contributed by atoms with Gasteiger partial charge in [-0.25, -0.2) is 0 Å². The Morgan fingerprint density at radius 3 is 2.55 bits per heavy atom. The number of hydrogen-bond acceptors (Lipinski definition) is 3. The maximum absolute atomic E-state index is 11.6. The second-order valence-electron chi connectivity index (χ2n) is 5.56. The van der Waals surface area contributed by atoms with E-state index >= 15 is 0 Å². The Kier molecular flexibility index (Phi) is 10.7. The molecule has 0 aliphatic heterocycles. The molecule has 0 aliphatic rings. The summed E-state index contributed by atoms with van der Waals surface area (Å²) in [7, 11) is 0. The molecule has 0 fully saturated rings. The summed E-state index contributed by atoms with van der Waals surface area (Å²) in [5.41, 5.74) is 2.51. The Labute approximate surface area is 140 Å². The third-order valence-corrected chi connectivity index (χ3v) is 3.28. The molecule has 0 radical (unpaired) electrons. The molecular formula is C17H29ClN2O2. The molecule has 0 bridgehead atoms. The van der Waals surface area contributed by atoms with Crippen LogP contribution < -0.4 is 15.4 Å². The van der Waals surface area contributed by atoms with Crippen molar-refractivity contribution in [2.24, 2.45) is 0 Å². The number of ether oxygens (including phenoxy) is 1. The summed E-state index contributed by atoms with van der Waals surface area (Å²) in [6.45, 7) is 11.0. The molecule has 4 nitrogen and oxygen atoms in total. The first-order valence-corrected chi connectivity index (χ1v) is 7.75. The molecule has 1 aromatic carbocycles. The Hall–Kier alpha value is -1.26. The molecule has 0 aliphatic carbocycles. The molecule has 1 aromatic rings. The van der Waals surface area contributed by atoms with E-state index in [0.717, 1.165) is 25.3 Å². The van der Waals surface area contributed by atoms with Crippen LogP contribution in [-0.4, -0.2) is 32.1 Å². The minimum Gasteiger partial charge on any atom is -0.484 e. The maximum atomic E-state index is 11.6. The molecule has 2 N–H and O–H groups in total. The first-order valence-electron chi connectivity index (χ1n) is 7.75. The minimum atomic E-state index is -0.0844. The molecule has 0 heterocycles. The molecule has 1 rings (SSSR count). The maximum Gasteiger partial charge on any atom is 0.257 e. The van der Waals surface area contributed by atoms with Crippen molar-refractivity contribution in [3.8, 4) is 5.75 Å². The summed E-state index contributed by atoms with van der Waals surface area (Å²) in [5, 5.41) is 6.06. The number of aryl methyl sites for hydroxylation is 1. The zero-order valence-electron chi connectivity index (χ0n) is 14.1. The Balaban J connectivity index is 0.00000441. The fraction of sp³-hybridized carbons (Fsp3) is 0.588. The fourth-order valence-corrected chi connectivity index (χ4v) is 2.18. The van der Waals surface area contributed by atoms with E-state index in [0.29, 0.717) is 12.5 Å². The number of rotatable bonds is 9. The minimum absolute atomic E-state index is 0. The quantitative estimate of drug-likeness (QED) is 0.685. The van der Waals surface area contributed by atoms with Crippen LogP contribution in [-0.2, 0) is 4.79 Å². The normalized spacial score (nSPS) is 10.2. The highest BCUT2D eigenvalue weighted by Crippen LogP contribution is 2.23. The lowest BCUT2D eigenvalue weighted by Crippen LogP contribution is -2.35. The standard InChI is InChI=1S/C17H28N2O2.ClH/c1-5-8-18-9-10-19-17(20)12-21-15-6-7-16(13(2)3)14(4)11-15;/h6-7,11,13,18H,5,8-10,12H2,1-4H3,(H,19,20);1H. The molecule has 0 saturated heterocycles. The van der Waals surface area contributed by atoms with Crippen molar-refractivity contribution < 1.29 is 9.53 Å². The van der Waals surface area contributed by atoms with Gasteiger partial charge in [-0.15, -0.1) is 12.4 Å². The molecule has 0 saturated carbocycles. The van der Waals surface area contributed by atoms with Crippen molar-refractivity contribution in [2.45, 2.75) is 40.0 Å². The average Bonchev–Trinajstić information content (AvgIpc) is 2.44. The van der Waals surface area contributed by atoms with Crippen molar-refractivity contribution in [1.82, 2.24) is 10.6 Å². The smallest absolute Gasteiger partial charge is 0.257 e. The Morgan fingerprint density at radius 2 is 1.95 bits per heavy atom. The van der Waals surface area contributed by atoms with Gasteiger partial charge in [0.25, 0.3) is 5.91 Å². The first-order chi connectivity index (χ1) is 10.0. The van der Waals surface area contributed by atoms with Gasteiger partial charge in [0.2, 0.25) is 0 Å². The summed E-state index contributed by atoms with van der Waals surface area (Å²) in [6, 6.07) is 5.99. The largest absolute Gasteiger partial charge is 0.484 e. The lowest BCUT2D eigenvalue weighted by atomic mass is 9.98. The molecule has 126 valence electrons. The first kappa shape index (κ1) is 20.7. The SMILES string of the molecule is CCCNCCNC(=O)COc1ccc(C(C)C)c(C)c1.Cl. The molecule has 1 amide bonds. The van der Waals surface area contributed by atoms with Crippen LogP contribution in [0.1, 0.15) is 44.2 Å². The van der Waals surface area contributed by atoms with Gasteiger partial charge in [0.1, 0.15) is 5.75 Å². The molecular weight excluding hydrogens is 300 g/mol. The number of carbonyl (C=O) groups is 1. The van der Waals surface area contributed by atoms with Crippen LogP contribution in [0.15, 0.2) is 18.2 Å². The number of carbonyl (C=O) groups excluding carboxylic acids is 1. The molecule has 22 heavy (non-hydrogen) atoms. The van der Waals surface area contributed by atoms with Gasteiger partial charge in [0, 0.05) is 13.1 Å². The number of halogens is 1. The Bertz CT molecular complexity index is 450. The third-order valence-electron chi connectivity index (χ3n) is 3.28. The highest BCUT2D eigenvalue weighted by Gasteiger charge is 2.06. The van der Waals surface area contributed by atoms with E-state index in [-0.39, 0.29) is 24.9 Å². The summed E-state index contributed by atoms with van der Waals surface area (Å²) in [6.07, 6.45) is 1.10. The van der Waals surface area contributed by atoms with Gasteiger partial charge in [-0.3, -0.25) is 4.79 Å². The number of nitrogens with one attached hydrogen (secondary N) is 2. The van der Waals surface area contributed by atoms with Gasteiger partial charge in [-0.1, -0.05) is 26.8 Å². The zero-order chi connectivity index (χ0) is 15.7. The second-order valence-corrected chi connectivity index (χ2v) is 5.56. The van der Waals surface area contributed by atoms with Crippen LogP contribution in [0.4, 0.5) is 0 Å². The number of benzene rings is 1. The summed E-state index contributed by atoms with van der Waals surface area (Å²) in [4.78, 5) is 11.6. The zero-order valence-corrected chi connectivity index (χ0v) is 14.9. The third kappa shape index (κ3) is 7.66. The van der Waals surface area contributed by atoms with E-state index in [2.05, 4.69) is 44.4 Å². The van der Waals surface area contributed by atoms with Crippen molar-refractivity contribution in [3.63, 3.8) is 0 Å². The second kappa shape index (κ2) is 11.3. The van der Waals surface area contributed by atoms with E-state index in [1.807, 2.05) is 12.1 Å².